The van der Waals surface area contributed by atoms with Crippen molar-refractivity contribution in [3.05, 3.63) is 0 Å². The molecular formula is C7H14N2O. The average Bonchev–Trinajstić information content (AvgIpc) is 2.05. The van der Waals surface area contributed by atoms with Gasteiger partial charge in [0.05, 0.1) is 12.7 Å². The summed E-state index contributed by atoms with van der Waals surface area (Å²) < 4.78 is 5.56. The Morgan fingerprint density at radius 1 is 1.30 bits per heavy atom. The van der Waals surface area contributed by atoms with Gasteiger partial charge < -0.3 is 15.4 Å². The molecule has 2 atom stereocenters. The first-order valence-electron chi connectivity index (χ1n) is 4.02. The predicted molar refractivity (Wildman–Crippen MR) is 39.0 cm³/mol. The highest BCUT2D eigenvalue weighted by Gasteiger charge is 2.27. The number of hydrogen-bond acceptors (Lipinski definition) is 3. The molecule has 3 heteroatoms. The molecule has 2 heterocycles. The Balaban J connectivity index is 1.93. The predicted octanol–water partition coefficient (Wildman–Crippen LogP) is -0.663. The summed E-state index contributed by atoms with van der Waals surface area (Å²) >= 11 is 0. The van der Waals surface area contributed by atoms with Gasteiger partial charge in [0.2, 0.25) is 0 Å². The molecule has 0 saturated carbocycles. The van der Waals surface area contributed by atoms with Gasteiger partial charge in [0.25, 0.3) is 0 Å². The Kier molecular flexibility index (Phi) is 1.88. The highest BCUT2D eigenvalue weighted by atomic mass is 16.5. The molecule has 2 aliphatic heterocycles. The number of morpholine rings is 1. The lowest BCUT2D eigenvalue weighted by Gasteiger charge is -2.36. The van der Waals surface area contributed by atoms with Crippen molar-refractivity contribution in [2.24, 2.45) is 0 Å². The summed E-state index contributed by atoms with van der Waals surface area (Å²) in [5.74, 6) is 0. The first kappa shape index (κ1) is 6.58. The monoisotopic (exact) mass is 142 g/mol. The molecule has 0 radical (unpaired) electrons. The summed E-state index contributed by atoms with van der Waals surface area (Å²) in [5.41, 5.74) is 0. The van der Waals surface area contributed by atoms with Crippen molar-refractivity contribution in [2.45, 2.75) is 18.6 Å². The summed E-state index contributed by atoms with van der Waals surface area (Å²) in [6, 6.07) is 0.620. The zero-order chi connectivity index (χ0) is 6.81. The fraction of sp³-hybridized carbons (Fsp3) is 1.00. The Morgan fingerprint density at radius 3 is 3.20 bits per heavy atom. The molecule has 0 amide bonds. The van der Waals surface area contributed by atoms with Gasteiger partial charge >= 0.3 is 0 Å². The van der Waals surface area contributed by atoms with E-state index in [0.717, 1.165) is 26.2 Å². The largest absolute Gasteiger partial charge is 0.374 e. The molecule has 0 spiro atoms. The highest BCUT2D eigenvalue weighted by Crippen LogP contribution is 2.10. The first-order valence-corrected chi connectivity index (χ1v) is 4.02. The molecule has 0 bridgehead atoms. The van der Waals surface area contributed by atoms with E-state index in [1.165, 1.54) is 6.42 Å². The number of nitrogens with one attached hydrogen (secondary N) is 2. The molecule has 2 aliphatic rings. The minimum atomic E-state index is 0.433. The number of piperidine rings is 1. The van der Waals surface area contributed by atoms with Gasteiger partial charge in [-0.1, -0.05) is 0 Å². The smallest absolute Gasteiger partial charge is 0.0853 e. The van der Waals surface area contributed by atoms with Crippen LogP contribution in [0.5, 0.6) is 0 Å². The van der Waals surface area contributed by atoms with Crippen LogP contribution < -0.4 is 10.6 Å². The molecule has 1 unspecified atom stereocenters. The van der Waals surface area contributed by atoms with Gasteiger partial charge in [-0.15, -0.1) is 0 Å². The van der Waals surface area contributed by atoms with Gasteiger partial charge in [0, 0.05) is 19.1 Å². The van der Waals surface area contributed by atoms with Gasteiger partial charge in [0.15, 0.2) is 0 Å². The van der Waals surface area contributed by atoms with E-state index >= 15 is 0 Å². The van der Waals surface area contributed by atoms with E-state index in [2.05, 4.69) is 10.6 Å². The zero-order valence-electron chi connectivity index (χ0n) is 6.10. The van der Waals surface area contributed by atoms with Crippen LogP contribution in [-0.2, 0) is 4.74 Å². The molecule has 0 aromatic carbocycles. The van der Waals surface area contributed by atoms with E-state index in [1.807, 2.05) is 0 Å². The van der Waals surface area contributed by atoms with E-state index in [4.69, 9.17) is 4.74 Å². The second-order valence-corrected chi connectivity index (χ2v) is 2.96. The van der Waals surface area contributed by atoms with Crippen LogP contribution in [0, 0.1) is 0 Å². The molecular weight excluding hydrogens is 128 g/mol. The molecule has 0 aliphatic carbocycles. The number of rotatable bonds is 0. The van der Waals surface area contributed by atoms with Crippen LogP contribution in [-0.4, -0.2) is 38.4 Å². The Bertz CT molecular complexity index is 92.2. The number of ether oxygens (including phenoxy) is 1. The van der Waals surface area contributed by atoms with Gasteiger partial charge in [-0.2, -0.15) is 0 Å². The van der Waals surface area contributed by atoms with Crippen LogP contribution in [0.1, 0.15) is 6.42 Å². The van der Waals surface area contributed by atoms with E-state index in [-0.39, 0.29) is 0 Å². The maximum absolute atomic E-state index is 5.56. The van der Waals surface area contributed by atoms with E-state index in [9.17, 15) is 0 Å². The number of hydrogen-bond donors (Lipinski definition) is 2. The fourth-order valence-corrected chi connectivity index (χ4v) is 1.69. The van der Waals surface area contributed by atoms with Crippen LogP contribution >= 0.6 is 0 Å². The van der Waals surface area contributed by atoms with Crippen LogP contribution in [0.4, 0.5) is 0 Å². The third kappa shape index (κ3) is 1.17. The van der Waals surface area contributed by atoms with Crippen molar-refractivity contribution in [3.63, 3.8) is 0 Å². The summed E-state index contributed by atoms with van der Waals surface area (Å²) in [6.45, 7) is 4.07. The van der Waals surface area contributed by atoms with Crippen molar-refractivity contribution in [2.75, 3.05) is 26.2 Å². The van der Waals surface area contributed by atoms with E-state index in [0.29, 0.717) is 12.1 Å². The lowest BCUT2D eigenvalue weighted by molar-refractivity contribution is -0.0152. The number of fused-ring (bicyclic) bond motifs is 1. The minimum absolute atomic E-state index is 0.433. The van der Waals surface area contributed by atoms with E-state index in [1.54, 1.807) is 0 Å². The van der Waals surface area contributed by atoms with Crippen molar-refractivity contribution in [1.82, 2.24) is 10.6 Å². The third-order valence-electron chi connectivity index (χ3n) is 2.27. The summed E-state index contributed by atoms with van der Waals surface area (Å²) in [6.07, 6.45) is 1.65. The van der Waals surface area contributed by atoms with Crippen LogP contribution in [0.25, 0.3) is 0 Å². The molecule has 2 fully saturated rings. The Labute approximate surface area is 61.1 Å². The van der Waals surface area contributed by atoms with Gasteiger partial charge in [0.1, 0.15) is 0 Å². The van der Waals surface area contributed by atoms with Gasteiger partial charge in [-0.05, 0) is 13.0 Å². The Hall–Kier alpha value is -0.120. The Morgan fingerprint density at radius 2 is 2.30 bits per heavy atom. The minimum Gasteiger partial charge on any atom is -0.374 e. The summed E-state index contributed by atoms with van der Waals surface area (Å²) in [7, 11) is 0. The third-order valence-corrected chi connectivity index (χ3v) is 2.27. The SMILES string of the molecule is C1C[C@H]2NCCOC2CN1. The van der Waals surface area contributed by atoms with Gasteiger partial charge in [-0.25, -0.2) is 0 Å². The molecule has 2 rings (SSSR count). The molecule has 2 saturated heterocycles. The van der Waals surface area contributed by atoms with Crippen molar-refractivity contribution >= 4 is 0 Å². The summed E-state index contributed by atoms with van der Waals surface area (Å²) in [4.78, 5) is 0. The maximum Gasteiger partial charge on any atom is 0.0853 e. The average molecular weight is 142 g/mol. The molecule has 0 aromatic heterocycles. The van der Waals surface area contributed by atoms with Crippen molar-refractivity contribution in [3.8, 4) is 0 Å². The second-order valence-electron chi connectivity index (χ2n) is 2.96. The molecule has 10 heavy (non-hydrogen) atoms. The van der Waals surface area contributed by atoms with Crippen LogP contribution in [0.2, 0.25) is 0 Å². The first-order chi connectivity index (χ1) is 4.97. The fourth-order valence-electron chi connectivity index (χ4n) is 1.69. The maximum atomic E-state index is 5.56. The van der Waals surface area contributed by atoms with Gasteiger partial charge in [-0.3, -0.25) is 0 Å². The standard InChI is InChI=1S/C7H14N2O/c1-2-8-5-7-6(1)9-3-4-10-7/h6-9H,1-5H2/t6-,7?/m1/s1. The summed E-state index contributed by atoms with van der Waals surface area (Å²) in [5, 5.41) is 6.77. The second kappa shape index (κ2) is 2.86. The topological polar surface area (TPSA) is 33.3 Å². The van der Waals surface area contributed by atoms with Crippen LogP contribution in [0.3, 0.4) is 0 Å². The molecule has 58 valence electrons. The highest BCUT2D eigenvalue weighted by molar-refractivity contribution is 4.86. The zero-order valence-corrected chi connectivity index (χ0v) is 6.10. The van der Waals surface area contributed by atoms with Crippen LogP contribution in [0.15, 0.2) is 0 Å². The lowest BCUT2D eigenvalue weighted by Crippen LogP contribution is -2.56. The van der Waals surface area contributed by atoms with Crippen molar-refractivity contribution in [1.29, 1.82) is 0 Å². The quantitative estimate of drug-likeness (QED) is 0.471. The molecule has 2 N–H and O–H groups in total. The lowest BCUT2D eigenvalue weighted by atomic mass is 10.0. The van der Waals surface area contributed by atoms with Crippen molar-refractivity contribution < 1.29 is 4.74 Å². The molecule has 3 nitrogen and oxygen atoms in total. The normalized spacial score (nSPS) is 40.8. The molecule has 0 aromatic rings. The van der Waals surface area contributed by atoms with E-state index < -0.39 is 0 Å².